The maximum atomic E-state index is 5.90. The maximum absolute atomic E-state index is 5.90. The molecule has 0 saturated carbocycles. The third-order valence-electron chi connectivity index (χ3n) is 2.86. The van der Waals surface area contributed by atoms with E-state index in [9.17, 15) is 0 Å². The SMILES string of the molecule is COCCNCc1ccc(Oc2ccccc2Br)c(Br)c1. The number of para-hydroxylation sites is 1. The van der Waals surface area contributed by atoms with E-state index in [0.29, 0.717) is 6.61 Å². The van der Waals surface area contributed by atoms with Crippen LogP contribution in [0.3, 0.4) is 0 Å². The van der Waals surface area contributed by atoms with Crippen LogP contribution in [0.4, 0.5) is 0 Å². The summed E-state index contributed by atoms with van der Waals surface area (Å²) < 4.78 is 12.8. The van der Waals surface area contributed by atoms with Crippen LogP contribution in [0.5, 0.6) is 11.5 Å². The van der Waals surface area contributed by atoms with E-state index in [1.165, 1.54) is 5.56 Å². The van der Waals surface area contributed by atoms with Crippen LogP contribution in [0.25, 0.3) is 0 Å². The lowest BCUT2D eigenvalue weighted by Crippen LogP contribution is -2.18. The largest absolute Gasteiger partial charge is 0.455 e. The van der Waals surface area contributed by atoms with Crippen LogP contribution < -0.4 is 10.1 Å². The molecule has 0 radical (unpaired) electrons. The lowest BCUT2D eigenvalue weighted by Gasteiger charge is -2.11. The maximum Gasteiger partial charge on any atom is 0.141 e. The van der Waals surface area contributed by atoms with Crippen LogP contribution in [0.15, 0.2) is 51.4 Å². The minimum atomic E-state index is 0.713. The molecule has 0 bridgehead atoms. The first-order valence-electron chi connectivity index (χ1n) is 6.61. The molecule has 3 nitrogen and oxygen atoms in total. The minimum Gasteiger partial charge on any atom is -0.455 e. The first kappa shape index (κ1) is 16.5. The van der Waals surface area contributed by atoms with Gasteiger partial charge in [-0.05, 0) is 61.7 Å². The summed E-state index contributed by atoms with van der Waals surface area (Å²) in [5.74, 6) is 1.59. The van der Waals surface area contributed by atoms with Gasteiger partial charge >= 0.3 is 0 Å². The summed E-state index contributed by atoms with van der Waals surface area (Å²) >= 11 is 7.04. The molecule has 2 aromatic rings. The third kappa shape index (κ3) is 5.11. The molecule has 5 heteroatoms. The van der Waals surface area contributed by atoms with Gasteiger partial charge in [-0.15, -0.1) is 0 Å². The number of hydrogen-bond acceptors (Lipinski definition) is 3. The summed E-state index contributed by atoms with van der Waals surface area (Å²) in [6.45, 7) is 2.35. The molecule has 0 aliphatic rings. The molecule has 0 aliphatic heterocycles. The van der Waals surface area contributed by atoms with E-state index in [2.05, 4.69) is 49.3 Å². The Bertz CT molecular complexity index is 590. The molecule has 0 saturated heterocycles. The lowest BCUT2D eigenvalue weighted by atomic mass is 10.2. The van der Waals surface area contributed by atoms with Crippen LogP contribution in [0.1, 0.15) is 5.56 Å². The number of halogens is 2. The molecule has 2 rings (SSSR count). The fraction of sp³-hybridized carbons (Fsp3) is 0.250. The zero-order valence-corrected chi connectivity index (χ0v) is 14.9. The number of methoxy groups -OCH3 is 1. The zero-order chi connectivity index (χ0) is 15.1. The third-order valence-corrected chi connectivity index (χ3v) is 4.14. The smallest absolute Gasteiger partial charge is 0.141 e. The molecule has 0 fully saturated rings. The minimum absolute atomic E-state index is 0.713. The summed E-state index contributed by atoms with van der Waals surface area (Å²) in [6, 6.07) is 13.9. The van der Waals surface area contributed by atoms with E-state index >= 15 is 0 Å². The first-order chi connectivity index (χ1) is 10.2. The monoisotopic (exact) mass is 413 g/mol. The fourth-order valence-electron chi connectivity index (χ4n) is 1.79. The van der Waals surface area contributed by atoms with Crippen molar-refractivity contribution < 1.29 is 9.47 Å². The number of hydrogen-bond donors (Lipinski definition) is 1. The van der Waals surface area contributed by atoms with Crippen LogP contribution in [0.2, 0.25) is 0 Å². The van der Waals surface area contributed by atoms with Crippen molar-refractivity contribution in [2.24, 2.45) is 0 Å². The molecule has 2 aromatic carbocycles. The molecule has 0 aromatic heterocycles. The molecule has 0 unspecified atom stereocenters. The molecule has 21 heavy (non-hydrogen) atoms. The molecule has 0 heterocycles. The van der Waals surface area contributed by atoms with E-state index in [0.717, 1.165) is 33.5 Å². The predicted molar refractivity (Wildman–Crippen MR) is 91.9 cm³/mol. The Balaban J connectivity index is 2.01. The first-order valence-corrected chi connectivity index (χ1v) is 8.20. The highest BCUT2D eigenvalue weighted by atomic mass is 79.9. The Labute approximate surface area is 141 Å². The van der Waals surface area contributed by atoms with Crippen molar-refractivity contribution in [3.05, 3.63) is 57.0 Å². The van der Waals surface area contributed by atoms with E-state index in [1.54, 1.807) is 7.11 Å². The van der Waals surface area contributed by atoms with E-state index in [-0.39, 0.29) is 0 Å². The van der Waals surface area contributed by atoms with E-state index < -0.39 is 0 Å². The van der Waals surface area contributed by atoms with Gasteiger partial charge in [0, 0.05) is 20.2 Å². The lowest BCUT2D eigenvalue weighted by molar-refractivity contribution is 0.199. The van der Waals surface area contributed by atoms with Crippen molar-refractivity contribution in [3.63, 3.8) is 0 Å². The van der Waals surface area contributed by atoms with Crippen LogP contribution >= 0.6 is 31.9 Å². The zero-order valence-electron chi connectivity index (χ0n) is 11.7. The van der Waals surface area contributed by atoms with Crippen LogP contribution in [0, 0.1) is 0 Å². The van der Waals surface area contributed by atoms with Crippen molar-refractivity contribution in [1.82, 2.24) is 5.32 Å². The molecule has 1 N–H and O–H groups in total. The van der Waals surface area contributed by atoms with Crippen molar-refractivity contribution >= 4 is 31.9 Å². The van der Waals surface area contributed by atoms with Crippen molar-refractivity contribution in [2.75, 3.05) is 20.3 Å². The van der Waals surface area contributed by atoms with Crippen LogP contribution in [-0.4, -0.2) is 20.3 Å². The highest BCUT2D eigenvalue weighted by Crippen LogP contribution is 2.34. The van der Waals surface area contributed by atoms with Gasteiger partial charge in [0.05, 0.1) is 15.6 Å². The summed E-state index contributed by atoms with van der Waals surface area (Å²) in [5.41, 5.74) is 1.19. The summed E-state index contributed by atoms with van der Waals surface area (Å²) in [5, 5.41) is 3.31. The summed E-state index contributed by atoms with van der Waals surface area (Å²) in [7, 11) is 1.70. The van der Waals surface area contributed by atoms with Crippen molar-refractivity contribution in [2.45, 2.75) is 6.54 Å². The van der Waals surface area contributed by atoms with Crippen molar-refractivity contribution in [1.29, 1.82) is 0 Å². The molecule has 0 atom stereocenters. The fourth-order valence-corrected chi connectivity index (χ4v) is 2.66. The highest BCUT2D eigenvalue weighted by Gasteiger charge is 2.06. The van der Waals surface area contributed by atoms with Gasteiger partial charge in [-0.1, -0.05) is 18.2 Å². The van der Waals surface area contributed by atoms with Gasteiger partial charge in [0.2, 0.25) is 0 Å². The molecular weight excluding hydrogens is 398 g/mol. The van der Waals surface area contributed by atoms with Crippen LogP contribution in [-0.2, 0) is 11.3 Å². The second-order valence-corrected chi connectivity index (χ2v) is 6.18. The molecular formula is C16H17Br2NO2. The number of nitrogens with one attached hydrogen (secondary N) is 1. The Morgan fingerprint density at radius 1 is 1.00 bits per heavy atom. The molecule has 0 amide bonds. The van der Waals surface area contributed by atoms with E-state index in [1.807, 2.05) is 30.3 Å². The Morgan fingerprint density at radius 2 is 1.76 bits per heavy atom. The topological polar surface area (TPSA) is 30.5 Å². The summed E-state index contributed by atoms with van der Waals surface area (Å²) in [6.07, 6.45) is 0. The quantitative estimate of drug-likeness (QED) is 0.663. The van der Waals surface area contributed by atoms with Gasteiger partial charge in [0.25, 0.3) is 0 Å². The summed E-state index contributed by atoms with van der Waals surface area (Å²) in [4.78, 5) is 0. The van der Waals surface area contributed by atoms with Gasteiger partial charge in [0.1, 0.15) is 11.5 Å². The number of rotatable bonds is 7. The van der Waals surface area contributed by atoms with Crippen molar-refractivity contribution in [3.8, 4) is 11.5 Å². The van der Waals surface area contributed by atoms with Gasteiger partial charge in [-0.2, -0.15) is 0 Å². The second-order valence-electron chi connectivity index (χ2n) is 4.47. The normalized spacial score (nSPS) is 10.6. The number of benzene rings is 2. The number of ether oxygens (including phenoxy) is 2. The Morgan fingerprint density at radius 3 is 2.48 bits per heavy atom. The Hall–Kier alpha value is -0.880. The van der Waals surface area contributed by atoms with Gasteiger partial charge in [0.15, 0.2) is 0 Å². The van der Waals surface area contributed by atoms with E-state index in [4.69, 9.17) is 9.47 Å². The van der Waals surface area contributed by atoms with Gasteiger partial charge in [-0.25, -0.2) is 0 Å². The standard InChI is InChI=1S/C16H17Br2NO2/c1-20-9-8-19-11-12-6-7-16(14(18)10-12)21-15-5-3-2-4-13(15)17/h2-7,10,19H,8-9,11H2,1H3. The molecule has 0 spiro atoms. The Kier molecular flexibility index (Phi) is 6.70. The second kappa shape index (κ2) is 8.54. The highest BCUT2D eigenvalue weighted by molar-refractivity contribution is 9.11. The van der Waals surface area contributed by atoms with Gasteiger partial charge in [-0.3, -0.25) is 0 Å². The molecule has 112 valence electrons. The molecule has 0 aliphatic carbocycles. The van der Waals surface area contributed by atoms with Gasteiger partial charge < -0.3 is 14.8 Å². The average molecular weight is 415 g/mol. The predicted octanol–water partition coefficient (Wildman–Crippen LogP) is 4.74. The average Bonchev–Trinajstić information content (AvgIpc) is 2.48.